The van der Waals surface area contributed by atoms with E-state index in [1.807, 2.05) is 30.3 Å². The van der Waals surface area contributed by atoms with Crippen molar-refractivity contribution in [3.05, 3.63) is 107 Å². The summed E-state index contributed by atoms with van der Waals surface area (Å²) < 4.78 is 39.1. The third-order valence-electron chi connectivity index (χ3n) is 6.05. The monoisotopic (exact) mass is 548 g/mol. The topological polar surface area (TPSA) is 99.2 Å². The highest BCUT2D eigenvalue weighted by atomic mass is 19.4. The molecule has 0 unspecified atom stereocenters. The fourth-order valence-corrected chi connectivity index (χ4v) is 3.78. The summed E-state index contributed by atoms with van der Waals surface area (Å²) in [5, 5.41) is 8.58. The Balaban J connectivity index is 1.39. The first-order valence-corrected chi connectivity index (χ1v) is 12.3. The Labute approximate surface area is 229 Å². The lowest BCUT2D eigenvalue weighted by Crippen LogP contribution is -2.32. The van der Waals surface area contributed by atoms with Gasteiger partial charge in [-0.15, -0.1) is 0 Å². The van der Waals surface area contributed by atoms with E-state index in [0.717, 1.165) is 18.6 Å². The molecule has 0 bridgehead atoms. The number of anilines is 4. The number of urea groups is 1. The van der Waals surface area contributed by atoms with Crippen molar-refractivity contribution in [2.24, 2.45) is 0 Å². The first kappa shape index (κ1) is 28.1. The van der Waals surface area contributed by atoms with Crippen LogP contribution in [0.25, 0.3) is 0 Å². The number of nitrogens with zero attached hydrogens (tertiary/aromatic N) is 3. The van der Waals surface area contributed by atoms with Gasteiger partial charge in [0.25, 0.3) is 5.91 Å². The molecular weight excluding hydrogens is 521 g/mol. The number of hydrogen-bond acceptors (Lipinski definition) is 5. The lowest BCUT2D eigenvalue weighted by molar-refractivity contribution is -0.137. The number of aromatic nitrogens is 2. The van der Waals surface area contributed by atoms with Crippen LogP contribution in [0.1, 0.15) is 27.0 Å². The number of hydrogen-bond donors (Lipinski definition) is 3. The SMILES string of the molecule is Cc1ccc(NC(=O)c2cccc(C(F)(F)F)c2)cc1NC(=O)N(C)c1cc(NCCc2ccccc2)ncn1. The number of rotatable bonds is 8. The highest BCUT2D eigenvalue weighted by molar-refractivity contribution is 6.05. The smallest absolute Gasteiger partial charge is 0.370 e. The maximum atomic E-state index is 13.0. The van der Waals surface area contributed by atoms with Gasteiger partial charge >= 0.3 is 12.2 Å². The number of alkyl halides is 3. The first-order valence-electron chi connectivity index (χ1n) is 12.3. The third kappa shape index (κ3) is 7.34. The Morgan fingerprint density at radius 1 is 0.900 bits per heavy atom. The normalized spacial score (nSPS) is 11.0. The van der Waals surface area contributed by atoms with E-state index in [2.05, 4.69) is 25.9 Å². The maximum absolute atomic E-state index is 13.0. The van der Waals surface area contributed by atoms with Gasteiger partial charge in [-0.3, -0.25) is 9.69 Å². The van der Waals surface area contributed by atoms with Crippen molar-refractivity contribution in [3.63, 3.8) is 0 Å². The zero-order valence-electron chi connectivity index (χ0n) is 21.8. The van der Waals surface area contributed by atoms with Crippen molar-refractivity contribution in [2.75, 3.05) is 34.4 Å². The molecule has 40 heavy (non-hydrogen) atoms. The Bertz CT molecular complexity index is 1490. The summed E-state index contributed by atoms with van der Waals surface area (Å²) in [7, 11) is 1.56. The molecule has 8 nitrogen and oxygen atoms in total. The van der Waals surface area contributed by atoms with Gasteiger partial charge in [0.05, 0.1) is 5.56 Å². The second kappa shape index (κ2) is 12.3. The van der Waals surface area contributed by atoms with Crippen LogP contribution in [0.15, 0.2) is 85.2 Å². The maximum Gasteiger partial charge on any atom is 0.416 e. The van der Waals surface area contributed by atoms with E-state index in [1.165, 1.54) is 35.0 Å². The van der Waals surface area contributed by atoms with E-state index in [1.54, 1.807) is 32.2 Å². The third-order valence-corrected chi connectivity index (χ3v) is 6.05. The molecule has 0 aliphatic carbocycles. The Hall–Kier alpha value is -4.93. The number of carbonyl (C=O) groups is 2. The van der Waals surface area contributed by atoms with Crippen LogP contribution in [0.3, 0.4) is 0 Å². The van der Waals surface area contributed by atoms with Crippen LogP contribution in [-0.2, 0) is 12.6 Å². The largest absolute Gasteiger partial charge is 0.416 e. The molecule has 4 rings (SSSR count). The lowest BCUT2D eigenvalue weighted by atomic mass is 10.1. The quantitative estimate of drug-likeness (QED) is 0.237. The second-order valence-electron chi connectivity index (χ2n) is 8.98. The number of amides is 3. The zero-order chi connectivity index (χ0) is 28.7. The van der Waals surface area contributed by atoms with Gasteiger partial charge in [-0.1, -0.05) is 42.5 Å². The standard InChI is InChI=1S/C29H27F3N6O2/c1-19-11-12-23(36-27(39)21-9-6-10-22(15-21)29(30,31)32)16-24(19)37-28(40)38(2)26-17-25(34-18-35-26)33-14-13-20-7-4-3-5-8-20/h3-12,15-18H,13-14H2,1-2H3,(H,36,39)(H,37,40)(H,33,34,35). The molecule has 3 N–H and O–H groups in total. The van der Waals surface area contributed by atoms with Crippen LogP contribution < -0.4 is 20.9 Å². The van der Waals surface area contributed by atoms with E-state index in [0.29, 0.717) is 35.1 Å². The predicted octanol–water partition coefficient (Wildman–Crippen LogP) is 6.38. The van der Waals surface area contributed by atoms with Gasteiger partial charge in [0.15, 0.2) is 0 Å². The Morgan fingerprint density at radius 2 is 1.68 bits per heavy atom. The summed E-state index contributed by atoms with van der Waals surface area (Å²) in [6.45, 7) is 2.42. The summed E-state index contributed by atoms with van der Waals surface area (Å²) in [6, 6.07) is 20.1. The van der Waals surface area contributed by atoms with Crippen LogP contribution in [-0.4, -0.2) is 35.5 Å². The van der Waals surface area contributed by atoms with Crippen molar-refractivity contribution < 1.29 is 22.8 Å². The highest BCUT2D eigenvalue weighted by Gasteiger charge is 2.31. The molecule has 0 radical (unpaired) electrons. The number of aryl methyl sites for hydroxylation is 1. The number of benzene rings is 3. The molecule has 0 spiro atoms. The number of halogens is 3. The molecule has 3 amide bonds. The molecule has 1 aromatic heterocycles. The van der Waals surface area contributed by atoms with E-state index in [9.17, 15) is 22.8 Å². The molecule has 0 aliphatic heterocycles. The minimum atomic E-state index is -4.56. The summed E-state index contributed by atoms with van der Waals surface area (Å²) in [5.74, 6) is 0.218. The van der Waals surface area contributed by atoms with Gasteiger partial charge < -0.3 is 16.0 Å². The van der Waals surface area contributed by atoms with Crippen LogP contribution >= 0.6 is 0 Å². The van der Waals surface area contributed by atoms with Gasteiger partial charge in [0.1, 0.15) is 18.0 Å². The molecule has 0 aliphatic rings. The summed E-state index contributed by atoms with van der Waals surface area (Å²) in [4.78, 5) is 35.3. The van der Waals surface area contributed by atoms with E-state index in [-0.39, 0.29) is 5.56 Å². The first-order chi connectivity index (χ1) is 19.1. The fourth-order valence-electron chi connectivity index (χ4n) is 3.78. The van der Waals surface area contributed by atoms with E-state index < -0.39 is 23.7 Å². The molecule has 206 valence electrons. The van der Waals surface area contributed by atoms with E-state index >= 15 is 0 Å². The average Bonchev–Trinajstić information content (AvgIpc) is 2.94. The molecular formula is C29H27F3N6O2. The second-order valence-corrected chi connectivity index (χ2v) is 8.98. The molecule has 1 heterocycles. The number of nitrogens with one attached hydrogen (secondary N) is 3. The highest BCUT2D eigenvalue weighted by Crippen LogP contribution is 2.30. The fraction of sp³-hybridized carbons (Fsp3) is 0.172. The molecule has 11 heteroatoms. The van der Waals surface area contributed by atoms with Crippen molar-refractivity contribution >= 4 is 34.9 Å². The van der Waals surface area contributed by atoms with Gasteiger partial charge in [0, 0.05) is 36.6 Å². The Morgan fingerprint density at radius 3 is 2.42 bits per heavy atom. The minimum absolute atomic E-state index is 0.141. The van der Waals surface area contributed by atoms with Crippen molar-refractivity contribution in [2.45, 2.75) is 19.5 Å². The van der Waals surface area contributed by atoms with Crippen LogP contribution in [0, 0.1) is 6.92 Å². The average molecular weight is 549 g/mol. The van der Waals surface area contributed by atoms with E-state index in [4.69, 9.17) is 0 Å². The number of carbonyl (C=O) groups excluding carboxylic acids is 2. The predicted molar refractivity (Wildman–Crippen MR) is 149 cm³/mol. The molecule has 0 fully saturated rings. The van der Waals surface area contributed by atoms with Crippen LogP contribution in [0.2, 0.25) is 0 Å². The summed E-state index contributed by atoms with van der Waals surface area (Å²) in [6.07, 6.45) is -2.40. The summed E-state index contributed by atoms with van der Waals surface area (Å²) in [5.41, 5.74) is 1.55. The van der Waals surface area contributed by atoms with Gasteiger partial charge in [-0.2, -0.15) is 13.2 Å². The minimum Gasteiger partial charge on any atom is -0.370 e. The molecule has 3 aromatic carbocycles. The Kier molecular flexibility index (Phi) is 8.63. The summed E-state index contributed by atoms with van der Waals surface area (Å²) >= 11 is 0. The van der Waals surface area contributed by atoms with Gasteiger partial charge in [-0.05, 0) is 54.8 Å². The van der Waals surface area contributed by atoms with Gasteiger partial charge in [0.2, 0.25) is 0 Å². The molecule has 0 atom stereocenters. The van der Waals surface area contributed by atoms with Crippen LogP contribution in [0.4, 0.5) is 41.0 Å². The van der Waals surface area contributed by atoms with Crippen molar-refractivity contribution in [1.29, 1.82) is 0 Å². The van der Waals surface area contributed by atoms with Gasteiger partial charge in [-0.25, -0.2) is 14.8 Å². The molecule has 0 saturated heterocycles. The van der Waals surface area contributed by atoms with Crippen molar-refractivity contribution in [3.8, 4) is 0 Å². The molecule has 0 saturated carbocycles. The van der Waals surface area contributed by atoms with Crippen molar-refractivity contribution in [1.82, 2.24) is 9.97 Å². The zero-order valence-corrected chi connectivity index (χ0v) is 21.8. The van der Waals surface area contributed by atoms with Crippen LogP contribution in [0.5, 0.6) is 0 Å². The molecule has 4 aromatic rings. The lowest BCUT2D eigenvalue weighted by Gasteiger charge is -2.19.